The van der Waals surface area contributed by atoms with E-state index in [-0.39, 0.29) is 25.4 Å². The number of amides is 1. The van der Waals surface area contributed by atoms with E-state index < -0.39 is 10.0 Å². The number of aryl methyl sites for hydroxylation is 2. The Morgan fingerprint density at radius 2 is 2.05 bits per heavy atom. The van der Waals surface area contributed by atoms with Crippen molar-refractivity contribution in [3.8, 4) is 0 Å². The number of hydrogen-bond donors (Lipinski definition) is 1. The zero-order valence-corrected chi connectivity index (χ0v) is 13.5. The number of anilines is 1. The molecule has 0 fully saturated rings. The SMILES string of the molecule is C=CCN(CCC(=O)Nc1ccc(C)cc1C)S(C)(=O)=O. The van der Waals surface area contributed by atoms with Gasteiger partial charge in [0.1, 0.15) is 0 Å². The maximum absolute atomic E-state index is 11.9. The molecule has 1 aromatic rings. The van der Waals surface area contributed by atoms with Gasteiger partial charge in [-0.05, 0) is 25.5 Å². The summed E-state index contributed by atoms with van der Waals surface area (Å²) in [6.45, 7) is 7.77. The highest BCUT2D eigenvalue weighted by Crippen LogP contribution is 2.16. The van der Waals surface area contributed by atoms with Crippen LogP contribution in [0.1, 0.15) is 17.5 Å². The van der Waals surface area contributed by atoms with E-state index in [1.54, 1.807) is 0 Å². The average Bonchev–Trinajstić information content (AvgIpc) is 2.36. The van der Waals surface area contributed by atoms with Gasteiger partial charge in [-0.2, -0.15) is 4.31 Å². The molecular weight excluding hydrogens is 288 g/mol. The van der Waals surface area contributed by atoms with E-state index in [1.807, 2.05) is 32.0 Å². The van der Waals surface area contributed by atoms with Crippen LogP contribution in [0.2, 0.25) is 0 Å². The van der Waals surface area contributed by atoms with E-state index in [0.29, 0.717) is 0 Å². The van der Waals surface area contributed by atoms with Gasteiger partial charge in [0.05, 0.1) is 6.26 Å². The van der Waals surface area contributed by atoms with Gasteiger partial charge in [-0.15, -0.1) is 6.58 Å². The van der Waals surface area contributed by atoms with Crippen LogP contribution < -0.4 is 5.32 Å². The summed E-state index contributed by atoms with van der Waals surface area (Å²) in [5.74, 6) is -0.209. The summed E-state index contributed by atoms with van der Waals surface area (Å²) in [5.41, 5.74) is 2.86. The first-order valence-corrected chi connectivity index (χ1v) is 8.52. The molecule has 1 aromatic carbocycles. The molecule has 0 unspecified atom stereocenters. The second-order valence-corrected chi connectivity index (χ2v) is 7.01. The molecule has 0 aliphatic heterocycles. The van der Waals surface area contributed by atoms with Crippen molar-refractivity contribution in [2.75, 3.05) is 24.7 Å². The van der Waals surface area contributed by atoms with Crippen molar-refractivity contribution < 1.29 is 13.2 Å². The molecule has 0 radical (unpaired) electrons. The average molecular weight is 310 g/mol. The quantitative estimate of drug-likeness (QED) is 0.784. The summed E-state index contributed by atoms with van der Waals surface area (Å²) in [6.07, 6.45) is 2.73. The minimum Gasteiger partial charge on any atom is -0.326 e. The molecule has 0 aliphatic carbocycles. The van der Waals surface area contributed by atoms with Crippen LogP contribution in [0.15, 0.2) is 30.9 Å². The molecule has 0 saturated carbocycles. The molecule has 116 valence electrons. The predicted molar refractivity (Wildman–Crippen MR) is 85.8 cm³/mol. The van der Waals surface area contributed by atoms with Gasteiger partial charge in [-0.25, -0.2) is 8.42 Å². The van der Waals surface area contributed by atoms with Crippen LogP contribution in [-0.4, -0.2) is 38.0 Å². The van der Waals surface area contributed by atoms with Crippen LogP contribution in [0.25, 0.3) is 0 Å². The fourth-order valence-electron chi connectivity index (χ4n) is 1.93. The smallest absolute Gasteiger partial charge is 0.225 e. The van der Waals surface area contributed by atoms with Gasteiger partial charge in [-0.3, -0.25) is 4.79 Å². The Kier molecular flexibility index (Phi) is 6.11. The number of carbonyl (C=O) groups is 1. The monoisotopic (exact) mass is 310 g/mol. The standard InChI is InChI=1S/C15H22N2O3S/c1-5-9-17(21(4,19)20)10-8-15(18)16-14-7-6-12(2)11-13(14)3/h5-7,11H,1,8-10H2,2-4H3,(H,16,18). The fraction of sp³-hybridized carbons (Fsp3) is 0.400. The van der Waals surface area contributed by atoms with E-state index >= 15 is 0 Å². The summed E-state index contributed by atoms with van der Waals surface area (Å²) in [7, 11) is -3.33. The summed E-state index contributed by atoms with van der Waals surface area (Å²) in [5, 5.41) is 2.80. The highest BCUT2D eigenvalue weighted by atomic mass is 32.2. The van der Waals surface area contributed by atoms with Gasteiger partial charge < -0.3 is 5.32 Å². The molecule has 0 aromatic heterocycles. The molecule has 0 spiro atoms. The number of sulfonamides is 1. The molecular formula is C15H22N2O3S. The second-order valence-electron chi connectivity index (χ2n) is 5.03. The van der Waals surface area contributed by atoms with Crippen LogP contribution >= 0.6 is 0 Å². The Balaban J connectivity index is 2.63. The molecule has 1 amide bonds. The van der Waals surface area contributed by atoms with Crippen molar-refractivity contribution >= 4 is 21.6 Å². The van der Waals surface area contributed by atoms with Crippen LogP contribution in [0.5, 0.6) is 0 Å². The van der Waals surface area contributed by atoms with Gasteiger partial charge in [0.25, 0.3) is 0 Å². The minimum atomic E-state index is -3.33. The number of nitrogens with one attached hydrogen (secondary N) is 1. The molecule has 21 heavy (non-hydrogen) atoms. The van der Waals surface area contributed by atoms with Gasteiger partial charge >= 0.3 is 0 Å². The lowest BCUT2D eigenvalue weighted by molar-refractivity contribution is -0.116. The first-order valence-electron chi connectivity index (χ1n) is 6.67. The van der Waals surface area contributed by atoms with Crippen molar-refractivity contribution in [3.63, 3.8) is 0 Å². The lowest BCUT2D eigenvalue weighted by Gasteiger charge is -2.18. The minimum absolute atomic E-state index is 0.105. The van der Waals surface area contributed by atoms with E-state index in [1.165, 1.54) is 10.4 Å². The molecule has 1 N–H and O–H groups in total. The number of benzene rings is 1. The maximum atomic E-state index is 11.9. The summed E-state index contributed by atoms with van der Waals surface area (Å²) in [6, 6.07) is 5.75. The highest BCUT2D eigenvalue weighted by Gasteiger charge is 2.16. The second kappa shape index (κ2) is 7.38. The maximum Gasteiger partial charge on any atom is 0.225 e. The number of nitrogens with zero attached hydrogens (tertiary/aromatic N) is 1. The highest BCUT2D eigenvalue weighted by molar-refractivity contribution is 7.88. The zero-order valence-electron chi connectivity index (χ0n) is 12.7. The van der Waals surface area contributed by atoms with Crippen LogP contribution in [0.3, 0.4) is 0 Å². The third-order valence-electron chi connectivity index (χ3n) is 3.05. The van der Waals surface area contributed by atoms with Gasteiger partial charge in [0.15, 0.2) is 0 Å². The lowest BCUT2D eigenvalue weighted by atomic mass is 10.1. The topological polar surface area (TPSA) is 66.5 Å². The first-order chi connectivity index (χ1) is 9.74. The zero-order chi connectivity index (χ0) is 16.0. The van der Waals surface area contributed by atoms with Crippen LogP contribution in [0, 0.1) is 13.8 Å². The Labute approximate surface area is 126 Å². The number of rotatable bonds is 7. The van der Waals surface area contributed by atoms with Crippen molar-refractivity contribution in [2.45, 2.75) is 20.3 Å². The Morgan fingerprint density at radius 1 is 1.38 bits per heavy atom. The third kappa shape index (κ3) is 5.69. The first kappa shape index (κ1) is 17.4. The van der Waals surface area contributed by atoms with Crippen molar-refractivity contribution in [1.29, 1.82) is 0 Å². The number of hydrogen-bond acceptors (Lipinski definition) is 3. The third-order valence-corrected chi connectivity index (χ3v) is 4.32. The summed E-state index contributed by atoms with van der Waals surface area (Å²) >= 11 is 0. The lowest BCUT2D eigenvalue weighted by Crippen LogP contribution is -2.33. The predicted octanol–water partition coefficient (Wildman–Crippen LogP) is 2.08. The molecule has 6 heteroatoms. The Bertz CT molecular complexity index is 624. The van der Waals surface area contributed by atoms with Crippen LogP contribution in [0.4, 0.5) is 5.69 Å². The van der Waals surface area contributed by atoms with E-state index in [2.05, 4.69) is 11.9 Å². The molecule has 0 atom stereocenters. The molecule has 0 bridgehead atoms. The van der Waals surface area contributed by atoms with Gasteiger partial charge in [0.2, 0.25) is 15.9 Å². The van der Waals surface area contributed by atoms with Crippen molar-refractivity contribution in [2.24, 2.45) is 0 Å². The van der Waals surface area contributed by atoms with Gasteiger partial charge in [0, 0.05) is 25.2 Å². The van der Waals surface area contributed by atoms with Crippen molar-refractivity contribution in [3.05, 3.63) is 42.0 Å². The van der Waals surface area contributed by atoms with E-state index in [4.69, 9.17) is 0 Å². The largest absolute Gasteiger partial charge is 0.326 e. The molecule has 0 aliphatic rings. The van der Waals surface area contributed by atoms with Crippen molar-refractivity contribution in [1.82, 2.24) is 4.31 Å². The molecule has 5 nitrogen and oxygen atoms in total. The van der Waals surface area contributed by atoms with Gasteiger partial charge in [-0.1, -0.05) is 23.8 Å². The van der Waals surface area contributed by atoms with Crippen LogP contribution in [-0.2, 0) is 14.8 Å². The number of carbonyl (C=O) groups excluding carboxylic acids is 1. The fourth-order valence-corrected chi connectivity index (χ4v) is 2.73. The Morgan fingerprint density at radius 3 is 2.57 bits per heavy atom. The molecule has 0 heterocycles. The van der Waals surface area contributed by atoms with E-state index in [0.717, 1.165) is 23.1 Å². The Hall–Kier alpha value is -1.66. The normalized spacial score (nSPS) is 11.4. The summed E-state index contributed by atoms with van der Waals surface area (Å²) in [4.78, 5) is 11.9. The molecule has 1 rings (SSSR count). The summed E-state index contributed by atoms with van der Waals surface area (Å²) < 4.78 is 24.3. The molecule has 0 saturated heterocycles. The van der Waals surface area contributed by atoms with E-state index in [9.17, 15) is 13.2 Å².